The SMILES string of the molecule is CCOc1ccc(OC(CC)CC(N)=S)cc1. The average molecular weight is 253 g/mol. The van der Waals surface area contributed by atoms with Gasteiger partial charge in [-0.05, 0) is 37.6 Å². The molecule has 0 heterocycles. The predicted molar refractivity (Wildman–Crippen MR) is 73.7 cm³/mol. The molecule has 0 spiro atoms. The van der Waals surface area contributed by atoms with E-state index in [1.165, 1.54) is 0 Å². The minimum Gasteiger partial charge on any atom is -0.494 e. The van der Waals surface area contributed by atoms with E-state index < -0.39 is 0 Å². The molecule has 1 rings (SSSR count). The Hall–Kier alpha value is -1.29. The summed E-state index contributed by atoms with van der Waals surface area (Å²) < 4.78 is 11.1. The Kier molecular flexibility index (Phi) is 5.77. The summed E-state index contributed by atoms with van der Waals surface area (Å²) in [4.78, 5) is 0.489. The van der Waals surface area contributed by atoms with Gasteiger partial charge in [0, 0.05) is 6.42 Å². The summed E-state index contributed by atoms with van der Waals surface area (Å²) in [6.07, 6.45) is 1.54. The molecule has 0 radical (unpaired) electrons. The second-order valence-corrected chi connectivity index (χ2v) is 4.25. The first-order chi connectivity index (χ1) is 8.15. The molecule has 3 nitrogen and oxygen atoms in total. The topological polar surface area (TPSA) is 44.5 Å². The molecule has 0 saturated heterocycles. The minimum atomic E-state index is 0.0467. The fourth-order valence-corrected chi connectivity index (χ4v) is 1.65. The van der Waals surface area contributed by atoms with E-state index in [-0.39, 0.29) is 6.10 Å². The Bertz CT molecular complexity index is 351. The Balaban J connectivity index is 2.57. The van der Waals surface area contributed by atoms with Gasteiger partial charge in [-0.3, -0.25) is 0 Å². The number of hydrogen-bond donors (Lipinski definition) is 1. The van der Waals surface area contributed by atoms with E-state index in [1.807, 2.05) is 31.2 Å². The second kappa shape index (κ2) is 7.12. The highest BCUT2D eigenvalue weighted by atomic mass is 32.1. The molecule has 0 aliphatic heterocycles. The maximum atomic E-state index is 5.78. The average Bonchev–Trinajstić information content (AvgIpc) is 2.30. The van der Waals surface area contributed by atoms with Gasteiger partial charge in [0.2, 0.25) is 0 Å². The molecule has 0 aliphatic rings. The molecule has 0 fully saturated rings. The standard InChI is InChI=1S/C13H19NO2S/c1-3-10(9-13(14)17)16-12-7-5-11(6-8-12)15-4-2/h5-8,10H,3-4,9H2,1-2H3,(H2,14,17). The molecule has 0 bridgehead atoms. The van der Waals surface area contributed by atoms with Gasteiger partial charge in [-0.15, -0.1) is 0 Å². The van der Waals surface area contributed by atoms with E-state index in [1.54, 1.807) is 0 Å². The van der Waals surface area contributed by atoms with Gasteiger partial charge in [0.15, 0.2) is 0 Å². The summed E-state index contributed by atoms with van der Waals surface area (Å²) in [5.74, 6) is 1.67. The maximum absolute atomic E-state index is 5.78. The lowest BCUT2D eigenvalue weighted by molar-refractivity contribution is 0.205. The minimum absolute atomic E-state index is 0.0467. The van der Waals surface area contributed by atoms with Crippen molar-refractivity contribution in [2.45, 2.75) is 32.8 Å². The van der Waals surface area contributed by atoms with E-state index in [0.717, 1.165) is 17.9 Å². The van der Waals surface area contributed by atoms with Crippen LogP contribution in [0.25, 0.3) is 0 Å². The summed E-state index contributed by atoms with van der Waals surface area (Å²) >= 11 is 4.89. The molecule has 2 N–H and O–H groups in total. The predicted octanol–water partition coefficient (Wildman–Crippen LogP) is 2.92. The summed E-state index contributed by atoms with van der Waals surface area (Å²) in [6.45, 7) is 4.68. The van der Waals surface area contributed by atoms with Crippen LogP contribution in [-0.4, -0.2) is 17.7 Å². The highest BCUT2D eigenvalue weighted by molar-refractivity contribution is 7.80. The van der Waals surface area contributed by atoms with Crippen molar-refractivity contribution in [1.82, 2.24) is 0 Å². The van der Waals surface area contributed by atoms with Gasteiger partial charge in [0.25, 0.3) is 0 Å². The molecular weight excluding hydrogens is 234 g/mol. The number of benzene rings is 1. The lowest BCUT2D eigenvalue weighted by atomic mass is 10.2. The number of rotatable bonds is 7. The van der Waals surface area contributed by atoms with Crippen molar-refractivity contribution < 1.29 is 9.47 Å². The molecule has 4 heteroatoms. The van der Waals surface area contributed by atoms with Crippen molar-refractivity contribution in [2.75, 3.05) is 6.61 Å². The molecule has 0 amide bonds. The van der Waals surface area contributed by atoms with Crippen molar-refractivity contribution in [3.05, 3.63) is 24.3 Å². The largest absolute Gasteiger partial charge is 0.494 e. The van der Waals surface area contributed by atoms with Gasteiger partial charge >= 0.3 is 0 Å². The number of ether oxygens (including phenoxy) is 2. The Morgan fingerprint density at radius 1 is 1.24 bits per heavy atom. The van der Waals surface area contributed by atoms with Crippen LogP contribution >= 0.6 is 12.2 Å². The quantitative estimate of drug-likeness (QED) is 0.759. The molecular formula is C13H19NO2S. The van der Waals surface area contributed by atoms with Crippen LogP contribution in [0, 0.1) is 0 Å². The fraction of sp³-hybridized carbons (Fsp3) is 0.462. The van der Waals surface area contributed by atoms with Crippen molar-refractivity contribution in [1.29, 1.82) is 0 Å². The zero-order valence-corrected chi connectivity index (χ0v) is 11.1. The van der Waals surface area contributed by atoms with E-state index in [4.69, 9.17) is 27.4 Å². The van der Waals surface area contributed by atoms with Gasteiger partial charge in [0.1, 0.15) is 17.6 Å². The van der Waals surface area contributed by atoms with Crippen LogP contribution in [0.1, 0.15) is 26.7 Å². The van der Waals surface area contributed by atoms with Crippen molar-refractivity contribution >= 4 is 17.2 Å². The van der Waals surface area contributed by atoms with Crippen LogP contribution in [0.3, 0.4) is 0 Å². The van der Waals surface area contributed by atoms with Crippen LogP contribution in [-0.2, 0) is 0 Å². The zero-order valence-electron chi connectivity index (χ0n) is 10.3. The second-order valence-electron chi connectivity index (χ2n) is 3.72. The number of nitrogens with two attached hydrogens (primary N) is 1. The van der Waals surface area contributed by atoms with Crippen molar-refractivity contribution in [3.63, 3.8) is 0 Å². The monoisotopic (exact) mass is 253 g/mol. The summed E-state index contributed by atoms with van der Waals surface area (Å²) in [5.41, 5.74) is 5.52. The number of hydrogen-bond acceptors (Lipinski definition) is 3. The van der Waals surface area contributed by atoms with E-state index in [9.17, 15) is 0 Å². The van der Waals surface area contributed by atoms with E-state index in [0.29, 0.717) is 18.0 Å². The molecule has 94 valence electrons. The van der Waals surface area contributed by atoms with Gasteiger partial charge in [0.05, 0.1) is 11.6 Å². The third-order valence-electron chi connectivity index (χ3n) is 2.32. The smallest absolute Gasteiger partial charge is 0.120 e. The first kappa shape index (κ1) is 13.8. The Morgan fingerprint density at radius 2 is 1.82 bits per heavy atom. The third kappa shape index (κ3) is 5.04. The molecule has 0 aromatic heterocycles. The van der Waals surface area contributed by atoms with Gasteiger partial charge in [-0.2, -0.15) is 0 Å². The number of thiocarbonyl (C=S) groups is 1. The fourth-order valence-electron chi connectivity index (χ4n) is 1.47. The molecule has 17 heavy (non-hydrogen) atoms. The van der Waals surface area contributed by atoms with Gasteiger partial charge in [-0.25, -0.2) is 0 Å². The molecule has 1 aromatic carbocycles. The van der Waals surface area contributed by atoms with Crippen molar-refractivity contribution in [2.24, 2.45) is 5.73 Å². The zero-order chi connectivity index (χ0) is 12.7. The van der Waals surface area contributed by atoms with Crippen LogP contribution in [0.4, 0.5) is 0 Å². The Morgan fingerprint density at radius 3 is 2.29 bits per heavy atom. The summed E-state index contributed by atoms with van der Waals surface area (Å²) in [7, 11) is 0. The lowest BCUT2D eigenvalue weighted by Gasteiger charge is -2.17. The molecule has 1 atom stereocenters. The molecule has 1 aromatic rings. The lowest BCUT2D eigenvalue weighted by Crippen LogP contribution is -2.23. The maximum Gasteiger partial charge on any atom is 0.120 e. The summed E-state index contributed by atoms with van der Waals surface area (Å²) in [5, 5.41) is 0. The van der Waals surface area contributed by atoms with Crippen LogP contribution in [0.2, 0.25) is 0 Å². The normalized spacial score (nSPS) is 11.9. The highest BCUT2D eigenvalue weighted by Crippen LogP contribution is 2.20. The van der Waals surface area contributed by atoms with Crippen molar-refractivity contribution in [3.8, 4) is 11.5 Å². The highest BCUT2D eigenvalue weighted by Gasteiger charge is 2.09. The third-order valence-corrected chi connectivity index (χ3v) is 2.49. The van der Waals surface area contributed by atoms with Gasteiger partial charge < -0.3 is 15.2 Å². The summed E-state index contributed by atoms with van der Waals surface area (Å²) in [6, 6.07) is 7.58. The van der Waals surface area contributed by atoms with Crippen LogP contribution in [0.5, 0.6) is 11.5 Å². The van der Waals surface area contributed by atoms with E-state index in [2.05, 4.69) is 6.92 Å². The molecule has 1 unspecified atom stereocenters. The van der Waals surface area contributed by atoms with Gasteiger partial charge in [-0.1, -0.05) is 19.1 Å². The van der Waals surface area contributed by atoms with Crippen LogP contribution in [0.15, 0.2) is 24.3 Å². The Labute approximate surface area is 108 Å². The molecule has 0 saturated carbocycles. The van der Waals surface area contributed by atoms with Crippen LogP contribution < -0.4 is 15.2 Å². The first-order valence-corrected chi connectivity index (χ1v) is 6.24. The molecule has 0 aliphatic carbocycles. The first-order valence-electron chi connectivity index (χ1n) is 5.83. The van der Waals surface area contributed by atoms with E-state index >= 15 is 0 Å².